The Morgan fingerprint density at radius 3 is 2.67 bits per heavy atom. The number of carbonyl (C=O) groups is 1. The fourth-order valence-electron chi connectivity index (χ4n) is 2.97. The van der Waals surface area contributed by atoms with Crippen molar-refractivity contribution in [2.24, 2.45) is 0 Å². The molecular formula is C19H17N3O3S2. The molecule has 0 atom stereocenters. The molecule has 4 rings (SSSR count). The molecule has 27 heavy (non-hydrogen) atoms. The number of hydrogen-bond acceptors (Lipinski definition) is 5. The van der Waals surface area contributed by atoms with E-state index in [1.54, 1.807) is 24.3 Å². The van der Waals surface area contributed by atoms with Crippen LogP contribution in [0.1, 0.15) is 16.8 Å². The normalized spacial score (nSPS) is 15.6. The van der Waals surface area contributed by atoms with Gasteiger partial charge in [-0.25, -0.2) is 13.4 Å². The molecule has 0 aliphatic carbocycles. The number of nitrogens with one attached hydrogen (secondary N) is 1. The summed E-state index contributed by atoms with van der Waals surface area (Å²) < 4.78 is 25.5. The van der Waals surface area contributed by atoms with Crippen molar-refractivity contribution in [3.8, 4) is 11.3 Å². The summed E-state index contributed by atoms with van der Waals surface area (Å²) in [5.74, 6) is -0.174. The molecule has 0 saturated carbocycles. The summed E-state index contributed by atoms with van der Waals surface area (Å²) in [6.45, 7) is 0.445. The van der Waals surface area contributed by atoms with Gasteiger partial charge in [0.1, 0.15) is 0 Å². The van der Waals surface area contributed by atoms with Crippen molar-refractivity contribution in [3.05, 3.63) is 65.5 Å². The molecule has 3 aromatic rings. The van der Waals surface area contributed by atoms with Crippen molar-refractivity contribution in [2.45, 2.75) is 6.42 Å². The maximum Gasteiger partial charge on any atom is 0.257 e. The minimum absolute atomic E-state index is 0.144. The summed E-state index contributed by atoms with van der Waals surface area (Å²) >= 11 is 1.35. The second kappa shape index (κ2) is 7.13. The van der Waals surface area contributed by atoms with E-state index in [0.29, 0.717) is 29.3 Å². The Balaban J connectivity index is 1.52. The third-order valence-corrected chi connectivity index (χ3v) is 6.92. The maximum absolute atomic E-state index is 12.6. The minimum atomic E-state index is -3.28. The number of anilines is 2. The van der Waals surface area contributed by atoms with E-state index in [-0.39, 0.29) is 11.7 Å². The SMILES string of the molecule is O=C(Nc1nc(-c2ccccc2)cs1)c1cccc(N2CCCS2(=O)=O)c1. The lowest BCUT2D eigenvalue weighted by Crippen LogP contribution is -2.25. The second-order valence-corrected chi connectivity index (χ2v) is 9.02. The minimum Gasteiger partial charge on any atom is -0.298 e. The van der Waals surface area contributed by atoms with Crippen molar-refractivity contribution in [2.75, 3.05) is 21.9 Å². The molecule has 138 valence electrons. The van der Waals surface area contributed by atoms with Crippen LogP contribution < -0.4 is 9.62 Å². The lowest BCUT2D eigenvalue weighted by Gasteiger charge is -2.17. The maximum atomic E-state index is 12.6. The van der Waals surface area contributed by atoms with Crippen molar-refractivity contribution in [1.29, 1.82) is 0 Å². The summed E-state index contributed by atoms with van der Waals surface area (Å²) in [5.41, 5.74) is 2.69. The van der Waals surface area contributed by atoms with E-state index in [9.17, 15) is 13.2 Å². The fourth-order valence-corrected chi connectivity index (χ4v) is 5.24. The first-order chi connectivity index (χ1) is 13.0. The molecule has 0 bridgehead atoms. The average molecular weight is 399 g/mol. The number of carbonyl (C=O) groups excluding carboxylic acids is 1. The van der Waals surface area contributed by atoms with Crippen LogP contribution in [0.5, 0.6) is 0 Å². The van der Waals surface area contributed by atoms with E-state index in [0.717, 1.165) is 11.3 Å². The Morgan fingerprint density at radius 2 is 1.93 bits per heavy atom. The van der Waals surface area contributed by atoms with Gasteiger partial charge >= 0.3 is 0 Å². The molecule has 1 N–H and O–H groups in total. The number of hydrogen-bond donors (Lipinski definition) is 1. The highest BCUT2D eigenvalue weighted by atomic mass is 32.2. The molecule has 1 amide bonds. The third kappa shape index (κ3) is 3.72. The highest BCUT2D eigenvalue weighted by Gasteiger charge is 2.28. The molecule has 2 heterocycles. The number of nitrogens with zero attached hydrogens (tertiary/aromatic N) is 2. The number of amides is 1. The van der Waals surface area contributed by atoms with Crippen molar-refractivity contribution < 1.29 is 13.2 Å². The Kier molecular flexibility index (Phi) is 4.67. The predicted molar refractivity (Wildman–Crippen MR) is 108 cm³/mol. The molecule has 0 unspecified atom stereocenters. The Hall–Kier alpha value is -2.71. The van der Waals surface area contributed by atoms with Crippen LogP contribution in [0.25, 0.3) is 11.3 Å². The van der Waals surface area contributed by atoms with Gasteiger partial charge in [-0.15, -0.1) is 11.3 Å². The fraction of sp³-hybridized carbons (Fsp3) is 0.158. The van der Waals surface area contributed by atoms with Crippen LogP contribution in [0, 0.1) is 0 Å². The highest BCUT2D eigenvalue weighted by Crippen LogP contribution is 2.27. The van der Waals surface area contributed by atoms with Gasteiger partial charge in [-0.3, -0.25) is 14.4 Å². The first kappa shape index (κ1) is 17.7. The van der Waals surface area contributed by atoms with Crippen molar-refractivity contribution >= 4 is 38.1 Å². The van der Waals surface area contributed by atoms with Crippen molar-refractivity contribution in [1.82, 2.24) is 4.98 Å². The summed E-state index contributed by atoms with van der Waals surface area (Å²) in [5, 5.41) is 5.17. The highest BCUT2D eigenvalue weighted by molar-refractivity contribution is 7.93. The number of rotatable bonds is 4. The van der Waals surface area contributed by atoms with Crippen LogP contribution in [0.2, 0.25) is 0 Å². The monoisotopic (exact) mass is 399 g/mol. The molecule has 6 nitrogen and oxygen atoms in total. The Labute approximate surface area is 161 Å². The number of sulfonamides is 1. The Bertz CT molecular complexity index is 1080. The van der Waals surface area contributed by atoms with E-state index in [4.69, 9.17) is 0 Å². The number of benzene rings is 2. The number of aromatic nitrogens is 1. The lowest BCUT2D eigenvalue weighted by molar-refractivity contribution is 0.102. The van der Waals surface area contributed by atoms with Gasteiger partial charge in [-0.05, 0) is 24.6 Å². The molecule has 2 aromatic carbocycles. The molecule has 1 aromatic heterocycles. The molecule has 0 spiro atoms. The van der Waals surface area contributed by atoms with Crippen LogP contribution in [0.3, 0.4) is 0 Å². The summed E-state index contributed by atoms with van der Waals surface area (Å²) in [4.78, 5) is 17.0. The molecule has 0 radical (unpaired) electrons. The van der Waals surface area contributed by atoms with Gasteiger partial charge in [0.2, 0.25) is 10.0 Å². The first-order valence-electron chi connectivity index (χ1n) is 8.46. The van der Waals surface area contributed by atoms with Gasteiger partial charge in [0.05, 0.1) is 17.1 Å². The zero-order valence-corrected chi connectivity index (χ0v) is 16.0. The van der Waals surface area contributed by atoms with Gasteiger partial charge in [-0.1, -0.05) is 36.4 Å². The molecule has 1 aliphatic heterocycles. The molecule has 1 aliphatic rings. The van der Waals surface area contributed by atoms with E-state index >= 15 is 0 Å². The smallest absolute Gasteiger partial charge is 0.257 e. The van der Waals surface area contributed by atoms with Gasteiger partial charge in [-0.2, -0.15) is 0 Å². The van der Waals surface area contributed by atoms with Crippen LogP contribution in [0.15, 0.2) is 60.0 Å². The zero-order valence-electron chi connectivity index (χ0n) is 14.3. The third-order valence-electron chi connectivity index (χ3n) is 4.29. The lowest BCUT2D eigenvalue weighted by atomic mass is 10.2. The average Bonchev–Trinajstić information content (AvgIpc) is 3.28. The number of thiazole rings is 1. The first-order valence-corrected chi connectivity index (χ1v) is 10.9. The molecule has 1 fully saturated rings. The Morgan fingerprint density at radius 1 is 1.11 bits per heavy atom. The van der Waals surface area contributed by atoms with Crippen LogP contribution in [-0.4, -0.2) is 31.6 Å². The summed E-state index contributed by atoms with van der Waals surface area (Å²) in [6.07, 6.45) is 0.597. The van der Waals surface area contributed by atoms with Crippen molar-refractivity contribution in [3.63, 3.8) is 0 Å². The zero-order chi connectivity index (χ0) is 18.9. The second-order valence-electron chi connectivity index (χ2n) is 6.15. The van der Waals surface area contributed by atoms with Crippen LogP contribution in [0.4, 0.5) is 10.8 Å². The van der Waals surface area contributed by atoms with Gasteiger partial charge in [0.15, 0.2) is 5.13 Å². The quantitative estimate of drug-likeness (QED) is 0.727. The predicted octanol–water partition coefficient (Wildman–Crippen LogP) is 3.60. The van der Waals surface area contributed by atoms with Crippen LogP contribution >= 0.6 is 11.3 Å². The van der Waals surface area contributed by atoms with E-state index in [1.807, 2.05) is 35.7 Å². The van der Waals surface area contributed by atoms with Gasteiger partial charge in [0.25, 0.3) is 5.91 Å². The van der Waals surface area contributed by atoms with E-state index in [1.165, 1.54) is 15.6 Å². The van der Waals surface area contributed by atoms with E-state index < -0.39 is 10.0 Å². The summed E-state index contributed by atoms with van der Waals surface area (Å²) in [7, 11) is -3.28. The van der Waals surface area contributed by atoms with Gasteiger partial charge in [0, 0.05) is 23.1 Å². The molecule has 1 saturated heterocycles. The molecule has 8 heteroatoms. The topological polar surface area (TPSA) is 79.4 Å². The standard InChI is InChI=1S/C19H17N3O3S2/c23-18(21-19-20-17(13-26-19)14-6-2-1-3-7-14)15-8-4-9-16(12-15)22-10-5-11-27(22,24)25/h1-4,6-9,12-13H,5,10-11H2,(H,20,21,23). The van der Waals surface area contributed by atoms with Crippen LogP contribution in [-0.2, 0) is 10.0 Å². The molecular weight excluding hydrogens is 382 g/mol. The van der Waals surface area contributed by atoms with E-state index in [2.05, 4.69) is 10.3 Å². The summed E-state index contributed by atoms with van der Waals surface area (Å²) in [6, 6.07) is 16.4. The van der Waals surface area contributed by atoms with Gasteiger partial charge < -0.3 is 0 Å². The largest absolute Gasteiger partial charge is 0.298 e.